The Morgan fingerprint density at radius 2 is 2.11 bits per heavy atom. The fraction of sp³-hybridized carbons (Fsp3) is 0.250. The van der Waals surface area contributed by atoms with Crippen LogP contribution in [0.15, 0.2) is 42.7 Å². The van der Waals surface area contributed by atoms with E-state index in [4.69, 9.17) is 5.26 Å². The Kier molecular flexibility index (Phi) is 4.47. The normalized spacial score (nSPS) is 14.9. The number of nitrogens with one attached hydrogen (secondary N) is 2. The van der Waals surface area contributed by atoms with Gasteiger partial charge in [0.15, 0.2) is 0 Å². The van der Waals surface area contributed by atoms with Crippen molar-refractivity contribution in [2.45, 2.75) is 12.8 Å². The molecule has 1 saturated heterocycles. The van der Waals surface area contributed by atoms with Crippen LogP contribution in [0.25, 0.3) is 10.9 Å². The summed E-state index contributed by atoms with van der Waals surface area (Å²) in [4.78, 5) is 21.8. The van der Waals surface area contributed by atoms with Crippen LogP contribution in [0.3, 0.4) is 0 Å². The number of nitrogens with zero attached hydrogens (tertiary/aromatic N) is 3. The van der Waals surface area contributed by atoms with E-state index in [2.05, 4.69) is 15.3 Å². The molecule has 4 rings (SSSR count). The number of piperidine rings is 1. The lowest BCUT2D eigenvalue weighted by atomic mass is 9.95. The maximum Gasteiger partial charge on any atom is 0.228 e. The van der Waals surface area contributed by atoms with Crippen LogP contribution < -0.4 is 10.2 Å². The molecule has 6 nitrogen and oxygen atoms in total. The molecule has 1 aliphatic heterocycles. The van der Waals surface area contributed by atoms with Gasteiger partial charge in [0.25, 0.3) is 0 Å². The first-order valence-corrected chi connectivity index (χ1v) is 8.82. The Balaban J connectivity index is 1.38. The highest BCUT2D eigenvalue weighted by atomic mass is 19.1. The van der Waals surface area contributed by atoms with Gasteiger partial charge in [0.05, 0.1) is 29.0 Å². The number of nitriles is 1. The Labute approximate surface area is 155 Å². The van der Waals surface area contributed by atoms with Crippen LogP contribution in [-0.2, 0) is 4.79 Å². The average molecular weight is 363 g/mol. The van der Waals surface area contributed by atoms with Crippen molar-refractivity contribution in [3.63, 3.8) is 0 Å². The van der Waals surface area contributed by atoms with E-state index in [0.29, 0.717) is 43.0 Å². The van der Waals surface area contributed by atoms with Crippen molar-refractivity contribution in [3.05, 3.63) is 54.1 Å². The van der Waals surface area contributed by atoms with E-state index in [1.54, 1.807) is 18.3 Å². The van der Waals surface area contributed by atoms with E-state index >= 15 is 0 Å². The van der Waals surface area contributed by atoms with E-state index in [9.17, 15) is 9.18 Å². The number of aromatic amines is 1. The van der Waals surface area contributed by atoms with E-state index in [1.165, 1.54) is 6.07 Å². The molecule has 0 saturated carbocycles. The molecule has 0 atom stereocenters. The summed E-state index contributed by atoms with van der Waals surface area (Å²) in [7, 11) is 0. The van der Waals surface area contributed by atoms with Gasteiger partial charge >= 0.3 is 0 Å². The molecule has 7 heteroatoms. The van der Waals surface area contributed by atoms with E-state index in [-0.39, 0.29) is 11.8 Å². The minimum atomic E-state index is -0.402. The number of pyridine rings is 1. The fourth-order valence-electron chi connectivity index (χ4n) is 3.46. The molecule has 3 heterocycles. The number of aromatic nitrogens is 2. The van der Waals surface area contributed by atoms with Gasteiger partial charge in [0.2, 0.25) is 5.91 Å². The van der Waals surface area contributed by atoms with Gasteiger partial charge in [-0.05, 0) is 43.2 Å². The topological polar surface area (TPSA) is 84.8 Å². The number of carbonyl (C=O) groups is 1. The molecular formula is C20H18FN5O. The Morgan fingerprint density at radius 1 is 1.30 bits per heavy atom. The number of halogens is 1. The van der Waals surface area contributed by atoms with Gasteiger partial charge in [-0.25, -0.2) is 9.37 Å². The second-order valence-electron chi connectivity index (χ2n) is 6.66. The number of carbonyl (C=O) groups excluding carboxylic acids is 1. The third-order valence-corrected chi connectivity index (χ3v) is 4.97. The highest BCUT2D eigenvalue weighted by molar-refractivity contribution is 5.93. The summed E-state index contributed by atoms with van der Waals surface area (Å²) in [6.07, 6.45) is 4.80. The molecular weight excluding hydrogens is 345 g/mol. The summed E-state index contributed by atoms with van der Waals surface area (Å²) in [5, 5.41) is 12.7. The zero-order valence-electron chi connectivity index (χ0n) is 14.6. The lowest BCUT2D eigenvalue weighted by Gasteiger charge is -2.33. The first-order chi connectivity index (χ1) is 13.1. The van der Waals surface area contributed by atoms with Gasteiger partial charge in [-0.2, -0.15) is 5.26 Å². The summed E-state index contributed by atoms with van der Waals surface area (Å²) in [6.45, 7) is 1.18. The number of H-pyrrole nitrogens is 1. The minimum Gasteiger partial charge on any atom is -0.369 e. The van der Waals surface area contributed by atoms with Crippen molar-refractivity contribution in [3.8, 4) is 6.07 Å². The van der Waals surface area contributed by atoms with Crippen molar-refractivity contribution >= 4 is 28.3 Å². The maximum atomic E-state index is 14.2. The third kappa shape index (κ3) is 3.47. The Hall–Kier alpha value is -3.40. The molecule has 1 fully saturated rings. The van der Waals surface area contributed by atoms with Crippen molar-refractivity contribution in [2.75, 3.05) is 23.3 Å². The quantitative estimate of drug-likeness (QED) is 0.747. The van der Waals surface area contributed by atoms with E-state index < -0.39 is 5.82 Å². The largest absolute Gasteiger partial charge is 0.369 e. The van der Waals surface area contributed by atoms with E-state index in [0.717, 1.165) is 10.9 Å². The summed E-state index contributed by atoms with van der Waals surface area (Å²) in [5.41, 5.74) is 1.70. The number of fused-ring (bicyclic) bond motifs is 1. The number of hydrogen-bond donors (Lipinski definition) is 2. The molecule has 1 aromatic carbocycles. The van der Waals surface area contributed by atoms with Gasteiger partial charge in [-0.15, -0.1) is 0 Å². The van der Waals surface area contributed by atoms with Crippen LogP contribution in [0.1, 0.15) is 18.4 Å². The molecule has 0 radical (unpaired) electrons. The second-order valence-corrected chi connectivity index (χ2v) is 6.66. The van der Waals surface area contributed by atoms with Crippen LogP contribution in [0.5, 0.6) is 0 Å². The summed E-state index contributed by atoms with van der Waals surface area (Å²) < 4.78 is 14.2. The van der Waals surface area contributed by atoms with Gasteiger partial charge in [0.1, 0.15) is 11.6 Å². The molecule has 27 heavy (non-hydrogen) atoms. The lowest BCUT2D eigenvalue weighted by Crippen LogP contribution is -2.38. The summed E-state index contributed by atoms with van der Waals surface area (Å²) >= 11 is 0. The van der Waals surface area contributed by atoms with Crippen molar-refractivity contribution in [1.29, 1.82) is 5.26 Å². The number of amides is 1. The first-order valence-electron chi connectivity index (χ1n) is 8.82. The zero-order chi connectivity index (χ0) is 18.8. The average Bonchev–Trinajstić information content (AvgIpc) is 3.16. The molecule has 0 spiro atoms. The fourth-order valence-corrected chi connectivity index (χ4v) is 3.46. The molecule has 3 aromatic rings. The maximum absolute atomic E-state index is 14.2. The first kappa shape index (κ1) is 17.0. The molecule has 0 unspecified atom stereocenters. The van der Waals surface area contributed by atoms with Gasteiger partial charge < -0.3 is 15.2 Å². The lowest BCUT2D eigenvalue weighted by molar-refractivity contribution is -0.120. The number of rotatable bonds is 3. The number of hydrogen-bond acceptors (Lipinski definition) is 4. The van der Waals surface area contributed by atoms with Crippen LogP contribution in [0.4, 0.5) is 15.9 Å². The summed E-state index contributed by atoms with van der Waals surface area (Å²) in [5.74, 6) is -0.0580. The van der Waals surface area contributed by atoms with Crippen molar-refractivity contribution < 1.29 is 9.18 Å². The summed E-state index contributed by atoms with van der Waals surface area (Å²) in [6, 6.07) is 10.2. The highest BCUT2D eigenvalue weighted by Gasteiger charge is 2.26. The Morgan fingerprint density at radius 3 is 2.85 bits per heavy atom. The number of anilines is 2. The van der Waals surface area contributed by atoms with Gasteiger partial charge in [-0.3, -0.25) is 4.79 Å². The van der Waals surface area contributed by atoms with Crippen LogP contribution in [-0.4, -0.2) is 29.0 Å². The number of benzene rings is 1. The molecule has 1 aliphatic rings. The van der Waals surface area contributed by atoms with Crippen LogP contribution >= 0.6 is 0 Å². The molecule has 2 N–H and O–H groups in total. The molecule has 0 bridgehead atoms. The monoisotopic (exact) mass is 363 g/mol. The zero-order valence-corrected chi connectivity index (χ0v) is 14.6. The van der Waals surface area contributed by atoms with Gasteiger partial charge in [-0.1, -0.05) is 0 Å². The highest BCUT2D eigenvalue weighted by Crippen LogP contribution is 2.27. The predicted molar refractivity (Wildman–Crippen MR) is 101 cm³/mol. The van der Waals surface area contributed by atoms with Gasteiger partial charge in [0, 0.05) is 30.6 Å². The predicted octanol–water partition coefficient (Wildman–Crippen LogP) is 3.43. The van der Waals surface area contributed by atoms with E-state index in [1.807, 2.05) is 29.3 Å². The second kappa shape index (κ2) is 7.08. The van der Waals surface area contributed by atoms with Crippen molar-refractivity contribution in [1.82, 2.24) is 9.97 Å². The standard InChI is InChI=1S/C20H18FN5O/c21-16-9-13(11-22)1-2-18(16)26-7-4-14(5-8-26)20(27)25-19-10-15-3-6-23-17(15)12-24-19/h1-3,6,9-10,12,14,23H,4-5,7-8H2,(H,24,25,27). The molecule has 0 aliphatic carbocycles. The van der Waals surface area contributed by atoms with Crippen molar-refractivity contribution in [2.24, 2.45) is 5.92 Å². The van der Waals surface area contributed by atoms with Crippen LogP contribution in [0, 0.1) is 23.1 Å². The van der Waals surface area contributed by atoms with Crippen LogP contribution in [0.2, 0.25) is 0 Å². The Bertz CT molecular complexity index is 1030. The smallest absolute Gasteiger partial charge is 0.228 e. The third-order valence-electron chi connectivity index (χ3n) is 4.97. The molecule has 1 amide bonds. The minimum absolute atomic E-state index is 0.0580. The molecule has 2 aromatic heterocycles. The SMILES string of the molecule is N#Cc1ccc(N2CCC(C(=O)Nc3cc4cc[nH]c4cn3)CC2)c(F)c1. The molecule has 136 valence electrons.